The Morgan fingerprint density at radius 2 is 2.46 bits per heavy atom. The van der Waals surface area contributed by atoms with Crippen LogP contribution in [-0.2, 0) is 0 Å². The first kappa shape index (κ1) is 8.29. The van der Waals surface area contributed by atoms with Crippen LogP contribution >= 0.6 is 0 Å². The summed E-state index contributed by atoms with van der Waals surface area (Å²) in [5.74, 6) is 0.791. The average Bonchev–Trinajstić information content (AvgIpc) is 2.01. The molecule has 1 aromatic rings. The maximum absolute atomic E-state index is 10.9. The third-order valence-corrected chi connectivity index (χ3v) is 2.48. The Labute approximate surface area is 76.4 Å². The standard InChI is InChI=1S/C9H13N3O/c13-9-4-8(6-11-12-9)10-5-7-2-1-3-7/h4,6-7H,1-3,5H2,(H2,10,12,13). The van der Waals surface area contributed by atoms with Crippen LogP contribution in [0.15, 0.2) is 17.1 Å². The highest BCUT2D eigenvalue weighted by Crippen LogP contribution is 2.26. The summed E-state index contributed by atoms with van der Waals surface area (Å²) in [7, 11) is 0. The van der Waals surface area contributed by atoms with Crippen LogP contribution in [0.5, 0.6) is 0 Å². The van der Waals surface area contributed by atoms with Gasteiger partial charge in [0, 0.05) is 12.6 Å². The van der Waals surface area contributed by atoms with Gasteiger partial charge in [-0.25, -0.2) is 5.10 Å². The summed E-state index contributed by atoms with van der Waals surface area (Å²) in [4.78, 5) is 10.9. The molecular formula is C9H13N3O. The van der Waals surface area contributed by atoms with E-state index in [9.17, 15) is 4.79 Å². The lowest BCUT2D eigenvalue weighted by molar-refractivity contribution is 0.333. The third kappa shape index (κ3) is 2.08. The van der Waals surface area contributed by atoms with Gasteiger partial charge in [-0.3, -0.25) is 4.79 Å². The fourth-order valence-electron chi connectivity index (χ4n) is 1.43. The van der Waals surface area contributed by atoms with Crippen molar-refractivity contribution >= 4 is 5.69 Å². The van der Waals surface area contributed by atoms with Crippen LogP contribution in [0.25, 0.3) is 0 Å². The molecule has 4 heteroatoms. The lowest BCUT2D eigenvalue weighted by Gasteiger charge is -2.25. The van der Waals surface area contributed by atoms with Crippen LogP contribution in [0.4, 0.5) is 5.69 Å². The van der Waals surface area contributed by atoms with Crippen molar-refractivity contribution < 1.29 is 0 Å². The molecule has 0 bridgehead atoms. The minimum atomic E-state index is -0.154. The van der Waals surface area contributed by atoms with Crippen molar-refractivity contribution in [3.8, 4) is 0 Å². The van der Waals surface area contributed by atoms with E-state index in [1.807, 2.05) is 0 Å². The highest BCUT2D eigenvalue weighted by atomic mass is 16.1. The zero-order chi connectivity index (χ0) is 9.10. The predicted molar refractivity (Wildman–Crippen MR) is 50.7 cm³/mol. The number of nitrogens with one attached hydrogen (secondary N) is 2. The van der Waals surface area contributed by atoms with Crippen molar-refractivity contribution in [2.24, 2.45) is 5.92 Å². The van der Waals surface area contributed by atoms with Crippen LogP contribution in [0.2, 0.25) is 0 Å². The molecule has 1 aliphatic carbocycles. The quantitative estimate of drug-likeness (QED) is 0.727. The maximum Gasteiger partial charge on any atom is 0.266 e. The normalized spacial score (nSPS) is 16.6. The van der Waals surface area contributed by atoms with E-state index in [4.69, 9.17) is 0 Å². The number of H-pyrrole nitrogens is 1. The van der Waals surface area contributed by atoms with Gasteiger partial charge in [0.2, 0.25) is 0 Å². The Bertz CT molecular complexity index is 330. The minimum Gasteiger partial charge on any atom is -0.383 e. The van der Waals surface area contributed by atoms with E-state index in [-0.39, 0.29) is 5.56 Å². The van der Waals surface area contributed by atoms with E-state index >= 15 is 0 Å². The van der Waals surface area contributed by atoms with E-state index in [1.165, 1.54) is 25.3 Å². The van der Waals surface area contributed by atoms with E-state index in [1.54, 1.807) is 6.20 Å². The molecule has 0 saturated heterocycles. The highest BCUT2D eigenvalue weighted by molar-refractivity contribution is 5.38. The van der Waals surface area contributed by atoms with Crippen molar-refractivity contribution in [3.63, 3.8) is 0 Å². The van der Waals surface area contributed by atoms with Gasteiger partial charge in [0.25, 0.3) is 5.56 Å². The second kappa shape index (κ2) is 3.60. The largest absolute Gasteiger partial charge is 0.383 e. The average molecular weight is 179 g/mol. The van der Waals surface area contributed by atoms with Crippen LogP contribution in [0, 0.1) is 5.92 Å². The summed E-state index contributed by atoms with van der Waals surface area (Å²) in [6.07, 6.45) is 5.60. The van der Waals surface area contributed by atoms with Crippen LogP contribution in [0.1, 0.15) is 19.3 Å². The van der Waals surface area contributed by atoms with Gasteiger partial charge in [-0.15, -0.1) is 0 Å². The number of aromatic nitrogens is 2. The maximum atomic E-state index is 10.9. The van der Waals surface area contributed by atoms with Crippen molar-refractivity contribution in [1.82, 2.24) is 10.2 Å². The molecule has 0 unspecified atom stereocenters. The lowest BCUT2D eigenvalue weighted by atomic mass is 9.85. The summed E-state index contributed by atoms with van der Waals surface area (Å²) >= 11 is 0. The van der Waals surface area contributed by atoms with E-state index in [0.717, 1.165) is 18.2 Å². The Morgan fingerprint density at radius 3 is 3.08 bits per heavy atom. The first-order valence-corrected chi connectivity index (χ1v) is 4.63. The molecule has 1 heterocycles. The van der Waals surface area contributed by atoms with Gasteiger partial charge < -0.3 is 5.32 Å². The van der Waals surface area contributed by atoms with Crippen LogP contribution in [0.3, 0.4) is 0 Å². The topological polar surface area (TPSA) is 57.8 Å². The Morgan fingerprint density at radius 1 is 1.62 bits per heavy atom. The van der Waals surface area contributed by atoms with Gasteiger partial charge >= 0.3 is 0 Å². The van der Waals surface area contributed by atoms with Crippen LogP contribution < -0.4 is 10.9 Å². The third-order valence-electron chi connectivity index (χ3n) is 2.48. The van der Waals surface area contributed by atoms with Gasteiger partial charge in [-0.1, -0.05) is 6.42 Å². The Kier molecular flexibility index (Phi) is 2.29. The summed E-state index contributed by atoms with van der Waals surface area (Å²) in [6.45, 7) is 0.963. The van der Waals surface area contributed by atoms with Gasteiger partial charge in [-0.05, 0) is 18.8 Å². The van der Waals surface area contributed by atoms with Gasteiger partial charge in [0.1, 0.15) is 0 Å². The molecule has 0 aliphatic heterocycles. The monoisotopic (exact) mass is 179 g/mol. The summed E-state index contributed by atoms with van der Waals surface area (Å²) in [5.41, 5.74) is 0.661. The van der Waals surface area contributed by atoms with Crippen molar-refractivity contribution in [1.29, 1.82) is 0 Å². The van der Waals surface area contributed by atoms with Gasteiger partial charge in [0.05, 0.1) is 11.9 Å². The molecule has 2 rings (SSSR count). The number of hydrogen-bond donors (Lipinski definition) is 2. The number of anilines is 1. The van der Waals surface area contributed by atoms with E-state index < -0.39 is 0 Å². The van der Waals surface area contributed by atoms with Gasteiger partial charge in [0.15, 0.2) is 0 Å². The predicted octanol–water partition coefficient (Wildman–Crippen LogP) is 0.982. The molecule has 0 atom stereocenters. The molecule has 1 aromatic heterocycles. The van der Waals surface area contributed by atoms with Crippen molar-refractivity contribution in [2.45, 2.75) is 19.3 Å². The Hall–Kier alpha value is -1.32. The lowest BCUT2D eigenvalue weighted by Crippen LogP contribution is -2.21. The smallest absolute Gasteiger partial charge is 0.266 e. The number of rotatable bonds is 3. The van der Waals surface area contributed by atoms with E-state index in [0.29, 0.717) is 0 Å². The summed E-state index contributed by atoms with van der Waals surface area (Å²) < 4.78 is 0. The number of nitrogens with zero attached hydrogens (tertiary/aromatic N) is 1. The summed E-state index contributed by atoms with van der Waals surface area (Å²) in [6, 6.07) is 1.53. The molecule has 1 saturated carbocycles. The van der Waals surface area contributed by atoms with Crippen molar-refractivity contribution in [2.75, 3.05) is 11.9 Å². The molecule has 70 valence electrons. The Balaban J connectivity index is 1.89. The SMILES string of the molecule is O=c1cc(NCC2CCC2)cn[nH]1. The zero-order valence-electron chi connectivity index (χ0n) is 7.42. The zero-order valence-corrected chi connectivity index (χ0v) is 7.42. The first-order chi connectivity index (χ1) is 6.34. The molecule has 1 fully saturated rings. The fourth-order valence-corrected chi connectivity index (χ4v) is 1.43. The summed E-state index contributed by atoms with van der Waals surface area (Å²) in [5, 5.41) is 9.25. The van der Waals surface area contributed by atoms with Crippen LogP contribution in [-0.4, -0.2) is 16.7 Å². The molecule has 0 amide bonds. The molecule has 1 aliphatic rings. The highest BCUT2D eigenvalue weighted by Gasteiger charge is 2.16. The second-order valence-corrected chi connectivity index (χ2v) is 3.51. The first-order valence-electron chi connectivity index (χ1n) is 4.63. The molecule has 4 nitrogen and oxygen atoms in total. The molecular weight excluding hydrogens is 166 g/mol. The number of aromatic amines is 1. The van der Waals surface area contributed by atoms with Crippen molar-refractivity contribution in [3.05, 3.63) is 22.6 Å². The minimum absolute atomic E-state index is 0.154. The number of hydrogen-bond acceptors (Lipinski definition) is 3. The molecule has 0 radical (unpaired) electrons. The van der Waals surface area contributed by atoms with E-state index in [2.05, 4.69) is 15.5 Å². The fraction of sp³-hybridized carbons (Fsp3) is 0.556. The second-order valence-electron chi connectivity index (χ2n) is 3.51. The molecule has 13 heavy (non-hydrogen) atoms. The molecule has 2 N–H and O–H groups in total. The molecule has 0 spiro atoms. The molecule has 0 aromatic carbocycles. The van der Waals surface area contributed by atoms with Gasteiger partial charge in [-0.2, -0.15) is 5.10 Å².